The van der Waals surface area contributed by atoms with Crippen molar-refractivity contribution in [3.8, 4) is 0 Å². The van der Waals surface area contributed by atoms with Crippen LogP contribution in [0.1, 0.15) is 50.8 Å². The number of para-hydroxylation sites is 1. The predicted octanol–water partition coefficient (Wildman–Crippen LogP) is 3.66. The van der Waals surface area contributed by atoms with E-state index in [4.69, 9.17) is 9.15 Å². The van der Waals surface area contributed by atoms with Gasteiger partial charge in [-0.15, -0.1) is 0 Å². The summed E-state index contributed by atoms with van der Waals surface area (Å²) in [5.74, 6) is -0.0944. The lowest BCUT2D eigenvalue weighted by atomic mass is 10.1. The van der Waals surface area contributed by atoms with Gasteiger partial charge in [-0.25, -0.2) is 4.79 Å². The Morgan fingerprint density at radius 2 is 1.96 bits per heavy atom. The van der Waals surface area contributed by atoms with E-state index in [9.17, 15) is 9.59 Å². The van der Waals surface area contributed by atoms with Crippen LogP contribution >= 0.6 is 0 Å². The SMILES string of the molecule is COC(=O)c1c(C)[nH]c(C(=O)NC(C)c2cc3ccccc3o2)c1C. The maximum Gasteiger partial charge on any atom is 0.339 e. The van der Waals surface area contributed by atoms with Crippen LogP contribution in [0.2, 0.25) is 0 Å². The average molecular weight is 340 g/mol. The molecule has 0 aliphatic rings. The fraction of sp³-hybridized carbons (Fsp3) is 0.263. The van der Waals surface area contributed by atoms with Crippen LogP contribution in [-0.2, 0) is 4.74 Å². The zero-order valence-electron chi connectivity index (χ0n) is 14.6. The molecule has 2 N–H and O–H groups in total. The molecular weight excluding hydrogens is 320 g/mol. The largest absolute Gasteiger partial charge is 0.465 e. The van der Waals surface area contributed by atoms with E-state index in [1.54, 1.807) is 13.8 Å². The van der Waals surface area contributed by atoms with Gasteiger partial charge in [0.25, 0.3) is 5.91 Å². The van der Waals surface area contributed by atoms with Crippen molar-refractivity contribution in [3.05, 3.63) is 58.6 Å². The molecule has 2 heterocycles. The first-order valence-electron chi connectivity index (χ1n) is 7.99. The van der Waals surface area contributed by atoms with Gasteiger partial charge in [0.2, 0.25) is 0 Å². The van der Waals surface area contributed by atoms with Crippen molar-refractivity contribution in [1.29, 1.82) is 0 Å². The number of aromatic amines is 1. The zero-order valence-corrected chi connectivity index (χ0v) is 14.6. The third kappa shape index (κ3) is 3.03. The number of hydrogen-bond donors (Lipinski definition) is 2. The van der Waals surface area contributed by atoms with Crippen molar-refractivity contribution >= 4 is 22.8 Å². The Hall–Kier alpha value is -3.02. The van der Waals surface area contributed by atoms with E-state index >= 15 is 0 Å². The number of esters is 1. The number of carbonyl (C=O) groups is 2. The second kappa shape index (κ2) is 6.47. The summed E-state index contributed by atoms with van der Waals surface area (Å²) >= 11 is 0. The van der Waals surface area contributed by atoms with Gasteiger partial charge in [-0.05, 0) is 38.5 Å². The van der Waals surface area contributed by atoms with Crippen LogP contribution < -0.4 is 5.32 Å². The van der Waals surface area contributed by atoms with Gasteiger partial charge in [0.15, 0.2) is 0 Å². The van der Waals surface area contributed by atoms with Crippen molar-refractivity contribution in [2.45, 2.75) is 26.8 Å². The van der Waals surface area contributed by atoms with Gasteiger partial charge in [0, 0.05) is 11.1 Å². The van der Waals surface area contributed by atoms with Gasteiger partial charge in [-0.1, -0.05) is 18.2 Å². The molecule has 1 aromatic carbocycles. The molecule has 25 heavy (non-hydrogen) atoms. The van der Waals surface area contributed by atoms with Crippen LogP contribution in [0.3, 0.4) is 0 Å². The monoisotopic (exact) mass is 340 g/mol. The first-order chi connectivity index (χ1) is 11.9. The van der Waals surface area contributed by atoms with Crippen LogP contribution in [0, 0.1) is 13.8 Å². The summed E-state index contributed by atoms with van der Waals surface area (Å²) in [5, 5.41) is 3.88. The number of aromatic nitrogens is 1. The first-order valence-corrected chi connectivity index (χ1v) is 7.99. The number of rotatable bonds is 4. The van der Waals surface area contributed by atoms with E-state index in [0.717, 1.165) is 11.0 Å². The molecule has 3 rings (SSSR count). The molecule has 0 saturated heterocycles. The Bertz CT molecular complexity index is 919. The van der Waals surface area contributed by atoms with Gasteiger partial charge in [0.05, 0.1) is 18.7 Å². The fourth-order valence-corrected chi connectivity index (χ4v) is 2.94. The van der Waals surface area contributed by atoms with Crippen molar-refractivity contribution in [2.24, 2.45) is 0 Å². The number of aryl methyl sites for hydroxylation is 1. The number of H-pyrrole nitrogens is 1. The molecule has 2 aromatic heterocycles. The minimum Gasteiger partial charge on any atom is -0.465 e. The van der Waals surface area contributed by atoms with Crippen LogP contribution in [-0.4, -0.2) is 24.0 Å². The number of furan rings is 1. The maximum atomic E-state index is 12.6. The summed E-state index contributed by atoms with van der Waals surface area (Å²) in [6.45, 7) is 5.30. The Balaban J connectivity index is 1.83. The van der Waals surface area contributed by atoms with Gasteiger partial charge in [-0.2, -0.15) is 0 Å². The quantitative estimate of drug-likeness (QED) is 0.710. The van der Waals surface area contributed by atoms with Crippen LogP contribution in [0.4, 0.5) is 0 Å². The standard InChI is InChI=1S/C19H20N2O4/c1-10-16(19(23)24-4)12(3)20-17(10)18(22)21-11(2)15-9-13-7-5-6-8-14(13)25-15/h5-9,11,20H,1-4H3,(H,21,22). The number of ether oxygens (including phenoxy) is 1. The summed E-state index contributed by atoms with van der Waals surface area (Å²) in [7, 11) is 1.32. The number of hydrogen-bond acceptors (Lipinski definition) is 4. The lowest BCUT2D eigenvalue weighted by molar-refractivity contribution is 0.0599. The molecule has 1 amide bonds. The Labute approximate surface area is 145 Å². The molecular formula is C19H20N2O4. The topological polar surface area (TPSA) is 84.3 Å². The summed E-state index contributed by atoms with van der Waals surface area (Å²) in [5.41, 5.74) is 2.69. The molecule has 0 radical (unpaired) electrons. The lowest BCUT2D eigenvalue weighted by Gasteiger charge is -2.11. The van der Waals surface area contributed by atoms with E-state index in [2.05, 4.69) is 10.3 Å². The highest BCUT2D eigenvalue weighted by Gasteiger charge is 2.24. The molecule has 0 spiro atoms. The Morgan fingerprint density at radius 3 is 2.64 bits per heavy atom. The summed E-state index contributed by atoms with van der Waals surface area (Å²) in [4.78, 5) is 27.4. The predicted molar refractivity (Wildman–Crippen MR) is 93.7 cm³/mol. The Morgan fingerprint density at radius 1 is 1.24 bits per heavy atom. The van der Waals surface area contributed by atoms with E-state index < -0.39 is 5.97 Å². The number of carbonyl (C=O) groups excluding carboxylic acids is 2. The van der Waals surface area contributed by atoms with Crippen LogP contribution in [0.15, 0.2) is 34.7 Å². The molecule has 6 nitrogen and oxygen atoms in total. The molecule has 0 bridgehead atoms. The molecule has 0 fully saturated rings. The Kier molecular flexibility index (Phi) is 4.35. The fourth-order valence-electron chi connectivity index (χ4n) is 2.94. The molecule has 0 saturated carbocycles. The van der Waals surface area contributed by atoms with E-state index in [1.807, 2.05) is 37.3 Å². The smallest absolute Gasteiger partial charge is 0.339 e. The second-order valence-corrected chi connectivity index (χ2v) is 6.00. The highest BCUT2D eigenvalue weighted by Crippen LogP contribution is 2.24. The van der Waals surface area contributed by atoms with E-state index in [1.165, 1.54) is 7.11 Å². The third-order valence-corrected chi connectivity index (χ3v) is 4.27. The first kappa shape index (κ1) is 16.8. The minimum atomic E-state index is -0.462. The molecule has 3 aromatic rings. The van der Waals surface area contributed by atoms with Crippen LogP contribution in [0.25, 0.3) is 11.0 Å². The van der Waals surface area contributed by atoms with Crippen molar-refractivity contribution in [3.63, 3.8) is 0 Å². The minimum absolute atomic E-state index is 0.302. The maximum absolute atomic E-state index is 12.6. The third-order valence-electron chi connectivity index (χ3n) is 4.27. The lowest BCUT2D eigenvalue weighted by Crippen LogP contribution is -2.27. The summed E-state index contributed by atoms with van der Waals surface area (Å²) in [6, 6.07) is 9.27. The highest BCUT2D eigenvalue weighted by atomic mass is 16.5. The van der Waals surface area contributed by atoms with Crippen molar-refractivity contribution in [1.82, 2.24) is 10.3 Å². The summed E-state index contributed by atoms with van der Waals surface area (Å²) < 4.78 is 10.6. The number of fused-ring (bicyclic) bond motifs is 1. The van der Waals surface area contributed by atoms with E-state index in [-0.39, 0.29) is 11.9 Å². The normalized spacial score (nSPS) is 12.2. The molecule has 130 valence electrons. The van der Waals surface area contributed by atoms with Crippen molar-refractivity contribution < 1.29 is 18.7 Å². The van der Waals surface area contributed by atoms with Gasteiger partial charge in [-0.3, -0.25) is 4.79 Å². The van der Waals surface area contributed by atoms with Crippen LogP contribution in [0.5, 0.6) is 0 Å². The average Bonchev–Trinajstić information content (AvgIpc) is 3.15. The van der Waals surface area contributed by atoms with Gasteiger partial charge in [0.1, 0.15) is 17.0 Å². The number of methoxy groups -OCH3 is 1. The molecule has 6 heteroatoms. The highest BCUT2D eigenvalue weighted by molar-refractivity contribution is 6.00. The second-order valence-electron chi connectivity index (χ2n) is 6.00. The van der Waals surface area contributed by atoms with Gasteiger partial charge < -0.3 is 19.5 Å². The molecule has 0 aliphatic carbocycles. The number of benzene rings is 1. The zero-order chi connectivity index (χ0) is 18.1. The van der Waals surface area contributed by atoms with Gasteiger partial charge >= 0.3 is 5.97 Å². The molecule has 1 atom stereocenters. The van der Waals surface area contributed by atoms with Crippen molar-refractivity contribution in [2.75, 3.05) is 7.11 Å². The number of nitrogens with one attached hydrogen (secondary N) is 2. The molecule has 0 aliphatic heterocycles. The number of amides is 1. The summed E-state index contributed by atoms with van der Waals surface area (Å²) in [6.07, 6.45) is 0. The van der Waals surface area contributed by atoms with E-state index in [0.29, 0.717) is 28.3 Å². The molecule has 1 unspecified atom stereocenters.